The van der Waals surface area contributed by atoms with E-state index in [-0.39, 0.29) is 0 Å². The lowest BCUT2D eigenvalue weighted by molar-refractivity contribution is 0.151. The van der Waals surface area contributed by atoms with E-state index in [2.05, 4.69) is 5.10 Å². The zero-order valence-electron chi connectivity index (χ0n) is 8.35. The van der Waals surface area contributed by atoms with Crippen LogP contribution in [0.5, 0.6) is 0 Å². The van der Waals surface area contributed by atoms with Gasteiger partial charge in [0.05, 0.1) is 23.9 Å². The van der Waals surface area contributed by atoms with Crippen LogP contribution in [0.4, 0.5) is 0 Å². The first-order chi connectivity index (χ1) is 7.65. The van der Waals surface area contributed by atoms with E-state index in [1.54, 1.807) is 29.1 Å². The van der Waals surface area contributed by atoms with Crippen LogP contribution in [0.1, 0.15) is 11.7 Å². The van der Waals surface area contributed by atoms with Crippen LogP contribution in [0.25, 0.3) is 0 Å². The molecule has 16 heavy (non-hydrogen) atoms. The number of benzene rings is 1. The molecule has 2 rings (SSSR count). The summed E-state index contributed by atoms with van der Waals surface area (Å²) in [5, 5.41) is 15.1. The van der Waals surface area contributed by atoms with Gasteiger partial charge in [-0.15, -0.1) is 0 Å². The number of halogens is 2. The molecule has 0 saturated carbocycles. The molecule has 0 fully saturated rings. The summed E-state index contributed by atoms with van der Waals surface area (Å²) in [6.07, 6.45) is 2.55. The van der Waals surface area contributed by atoms with Gasteiger partial charge in [0.1, 0.15) is 0 Å². The Kier molecular flexibility index (Phi) is 3.49. The van der Waals surface area contributed by atoms with Gasteiger partial charge in [-0.25, -0.2) is 0 Å². The Bertz CT molecular complexity index is 484. The zero-order chi connectivity index (χ0) is 11.5. The predicted octanol–water partition coefficient (Wildman–Crippen LogP) is 2.92. The maximum absolute atomic E-state index is 9.95. The van der Waals surface area contributed by atoms with Crippen molar-refractivity contribution < 1.29 is 5.11 Å². The van der Waals surface area contributed by atoms with E-state index in [1.165, 1.54) is 6.20 Å². The van der Waals surface area contributed by atoms with Crippen LogP contribution >= 0.6 is 23.2 Å². The molecule has 1 aromatic heterocycles. The third-order valence-corrected chi connectivity index (χ3v) is 2.63. The van der Waals surface area contributed by atoms with Crippen molar-refractivity contribution in [2.75, 3.05) is 0 Å². The highest BCUT2D eigenvalue weighted by atomic mass is 35.5. The number of hydrogen-bond acceptors (Lipinski definition) is 2. The zero-order valence-corrected chi connectivity index (χ0v) is 9.86. The molecule has 1 N–H and O–H groups in total. The first-order valence-corrected chi connectivity index (χ1v) is 5.52. The van der Waals surface area contributed by atoms with Crippen molar-refractivity contribution >= 4 is 23.2 Å². The van der Waals surface area contributed by atoms with Crippen molar-refractivity contribution in [2.45, 2.75) is 12.6 Å². The van der Waals surface area contributed by atoms with Gasteiger partial charge in [0, 0.05) is 11.2 Å². The van der Waals surface area contributed by atoms with Crippen LogP contribution in [0, 0.1) is 0 Å². The maximum atomic E-state index is 9.95. The average molecular weight is 257 g/mol. The van der Waals surface area contributed by atoms with Crippen LogP contribution < -0.4 is 0 Å². The van der Waals surface area contributed by atoms with E-state index < -0.39 is 6.10 Å². The molecule has 1 unspecified atom stereocenters. The molecule has 0 saturated heterocycles. The van der Waals surface area contributed by atoms with Gasteiger partial charge in [0.25, 0.3) is 0 Å². The van der Waals surface area contributed by atoms with Crippen molar-refractivity contribution in [1.29, 1.82) is 0 Å². The highest BCUT2D eigenvalue weighted by Crippen LogP contribution is 2.19. The summed E-state index contributed by atoms with van der Waals surface area (Å²) in [5.41, 5.74) is 0.763. The minimum atomic E-state index is -0.644. The minimum Gasteiger partial charge on any atom is -0.386 e. The summed E-state index contributed by atoms with van der Waals surface area (Å²) >= 11 is 11.6. The second kappa shape index (κ2) is 4.87. The minimum absolute atomic E-state index is 0.354. The maximum Gasteiger partial charge on any atom is 0.0986 e. The largest absolute Gasteiger partial charge is 0.386 e. The molecule has 2 aromatic rings. The second-order valence-corrected chi connectivity index (χ2v) is 4.32. The molecule has 3 nitrogen and oxygen atoms in total. The van der Waals surface area contributed by atoms with Crippen LogP contribution in [-0.4, -0.2) is 14.9 Å². The number of nitrogens with zero attached hydrogens (tertiary/aromatic N) is 2. The first-order valence-electron chi connectivity index (χ1n) is 4.76. The molecule has 1 aromatic carbocycles. The predicted molar refractivity (Wildman–Crippen MR) is 63.6 cm³/mol. The van der Waals surface area contributed by atoms with Crippen molar-refractivity contribution in [3.05, 3.63) is 52.3 Å². The topological polar surface area (TPSA) is 38.0 Å². The quantitative estimate of drug-likeness (QED) is 0.917. The van der Waals surface area contributed by atoms with Crippen molar-refractivity contribution in [1.82, 2.24) is 9.78 Å². The lowest BCUT2D eigenvalue weighted by Crippen LogP contribution is -2.08. The summed E-state index contributed by atoms with van der Waals surface area (Å²) in [6, 6.07) is 7.12. The standard InChI is InChI=1S/C11H10Cl2N2O/c12-9-3-1-2-8(4-9)11(16)7-15-6-10(13)5-14-15/h1-6,11,16H,7H2. The lowest BCUT2D eigenvalue weighted by atomic mass is 10.1. The molecular formula is C11H10Cl2N2O. The molecule has 0 spiro atoms. The number of rotatable bonds is 3. The first kappa shape index (κ1) is 11.5. The number of aliphatic hydroxyl groups is 1. The Morgan fingerprint density at radius 3 is 2.75 bits per heavy atom. The van der Waals surface area contributed by atoms with Crippen molar-refractivity contribution in [3.8, 4) is 0 Å². The van der Waals surface area contributed by atoms with E-state index >= 15 is 0 Å². The summed E-state index contributed by atoms with van der Waals surface area (Å²) in [5.74, 6) is 0. The van der Waals surface area contributed by atoms with Crippen LogP contribution in [0.3, 0.4) is 0 Å². The fourth-order valence-electron chi connectivity index (χ4n) is 1.43. The molecule has 1 heterocycles. The lowest BCUT2D eigenvalue weighted by Gasteiger charge is -2.11. The summed E-state index contributed by atoms with van der Waals surface area (Å²) in [4.78, 5) is 0. The van der Waals surface area contributed by atoms with E-state index in [9.17, 15) is 5.11 Å². The fraction of sp³-hybridized carbons (Fsp3) is 0.182. The molecule has 0 radical (unpaired) electrons. The summed E-state index contributed by atoms with van der Waals surface area (Å²) < 4.78 is 1.59. The monoisotopic (exact) mass is 256 g/mol. The Balaban J connectivity index is 2.11. The van der Waals surface area contributed by atoms with Crippen LogP contribution in [-0.2, 0) is 6.54 Å². The van der Waals surface area contributed by atoms with Gasteiger partial charge in [-0.1, -0.05) is 35.3 Å². The Labute approximate surface area is 103 Å². The smallest absolute Gasteiger partial charge is 0.0986 e. The molecule has 0 aliphatic carbocycles. The molecule has 84 valence electrons. The normalized spacial score (nSPS) is 12.7. The van der Waals surface area contributed by atoms with Gasteiger partial charge >= 0.3 is 0 Å². The molecule has 0 aliphatic rings. The number of hydrogen-bond donors (Lipinski definition) is 1. The van der Waals surface area contributed by atoms with Gasteiger partial charge in [0.2, 0.25) is 0 Å². The van der Waals surface area contributed by atoms with E-state index in [1.807, 2.05) is 6.07 Å². The molecule has 0 aliphatic heterocycles. The van der Waals surface area contributed by atoms with Gasteiger partial charge < -0.3 is 5.11 Å². The third kappa shape index (κ3) is 2.76. The van der Waals surface area contributed by atoms with E-state index in [0.29, 0.717) is 16.6 Å². The highest BCUT2D eigenvalue weighted by Gasteiger charge is 2.09. The molecular weight excluding hydrogens is 247 g/mol. The van der Waals surface area contributed by atoms with E-state index in [0.717, 1.165) is 5.56 Å². The number of aromatic nitrogens is 2. The number of aliphatic hydroxyl groups excluding tert-OH is 1. The Morgan fingerprint density at radius 1 is 1.31 bits per heavy atom. The Morgan fingerprint density at radius 2 is 2.12 bits per heavy atom. The van der Waals surface area contributed by atoms with Gasteiger partial charge in [-0.05, 0) is 17.7 Å². The van der Waals surface area contributed by atoms with Crippen molar-refractivity contribution in [3.63, 3.8) is 0 Å². The van der Waals surface area contributed by atoms with Crippen LogP contribution in [0.2, 0.25) is 10.0 Å². The fourth-order valence-corrected chi connectivity index (χ4v) is 1.79. The molecule has 1 atom stereocenters. The average Bonchev–Trinajstić information content (AvgIpc) is 2.64. The highest BCUT2D eigenvalue weighted by molar-refractivity contribution is 6.30. The molecule has 0 amide bonds. The van der Waals surface area contributed by atoms with E-state index in [4.69, 9.17) is 23.2 Å². The van der Waals surface area contributed by atoms with Gasteiger partial charge in [-0.3, -0.25) is 4.68 Å². The summed E-state index contributed by atoms with van der Waals surface area (Å²) in [6.45, 7) is 0.354. The SMILES string of the molecule is OC(Cn1cc(Cl)cn1)c1cccc(Cl)c1. The molecule has 5 heteroatoms. The van der Waals surface area contributed by atoms with Gasteiger partial charge in [-0.2, -0.15) is 5.10 Å². The Hall–Kier alpha value is -1.03. The van der Waals surface area contributed by atoms with Gasteiger partial charge in [0.15, 0.2) is 0 Å². The van der Waals surface area contributed by atoms with Crippen molar-refractivity contribution in [2.24, 2.45) is 0 Å². The molecule has 0 bridgehead atoms. The second-order valence-electron chi connectivity index (χ2n) is 3.45. The summed E-state index contributed by atoms with van der Waals surface area (Å²) in [7, 11) is 0. The third-order valence-electron chi connectivity index (χ3n) is 2.20. The van der Waals surface area contributed by atoms with Crippen LogP contribution in [0.15, 0.2) is 36.7 Å².